The van der Waals surface area contributed by atoms with Gasteiger partial charge in [-0.05, 0) is 38.5 Å². The largest absolute Gasteiger partial charge is 0.394 e. The minimum Gasteiger partial charge on any atom is -0.394 e. The van der Waals surface area contributed by atoms with Crippen LogP contribution in [0.1, 0.15) is 316 Å². The van der Waals surface area contributed by atoms with Gasteiger partial charge in [-0.15, -0.1) is 0 Å². The summed E-state index contributed by atoms with van der Waals surface area (Å²) >= 11 is 0. The number of ether oxygens (including phenoxy) is 2. The Morgan fingerprint density at radius 1 is 0.459 bits per heavy atom. The smallest absolute Gasteiger partial charge is 0.249 e. The second-order valence-corrected chi connectivity index (χ2v) is 22.8. The van der Waals surface area contributed by atoms with E-state index in [1.807, 2.05) is 0 Å². The van der Waals surface area contributed by atoms with E-state index in [4.69, 9.17) is 9.47 Å². The lowest BCUT2D eigenvalue weighted by molar-refractivity contribution is -0.303. The molecule has 9 unspecified atom stereocenters. The number of amides is 1. The molecule has 440 valence electrons. The van der Waals surface area contributed by atoms with E-state index in [-0.39, 0.29) is 12.8 Å². The second-order valence-electron chi connectivity index (χ2n) is 22.8. The molecule has 0 spiro atoms. The molecule has 1 rings (SSSR count). The van der Waals surface area contributed by atoms with Gasteiger partial charge in [0.1, 0.15) is 36.6 Å². The number of allylic oxidation sites excluding steroid dienone is 2. The van der Waals surface area contributed by atoms with Crippen LogP contribution in [0.25, 0.3) is 0 Å². The fraction of sp³-hybridized carbons (Fsp3) is 0.952. The van der Waals surface area contributed by atoms with Crippen molar-refractivity contribution in [3.05, 3.63) is 12.2 Å². The summed E-state index contributed by atoms with van der Waals surface area (Å²) in [6.45, 7) is 3.44. The lowest BCUT2D eigenvalue weighted by Gasteiger charge is -2.40. The Bertz CT molecular complexity index is 1210. The van der Waals surface area contributed by atoms with Gasteiger partial charge >= 0.3 is 0 Å². The topological polar surface area (TPSA) is 189 Å². The van der Waals surface area contributed by atoms with Gasteiger partial charge in [-0.25, -0.2) is 0 Å². The SMILES string of the molecule is CCCCCCCC/C=C/CCCC(O)C(O)C(COC1OC(CO)C(O)C(O)C1O)NC(=O)C(O)CCCCCCCCCCCCCCCCCCCCCCCCCCCCCCCCCCCCCC. The Kier molecular flexibility index (Phi) is 50.3. The zero-order chi connectivity index (χ0) is 54.0. The molecule has 0 aromatic rings. The maximum Gasteiger partial charge on any atom is 0.249 e. The van der Waals surface area contributed by atoms with Crippen molar-refractivity contribution in [2.24, 2.45) is 0 Å². The van der Waals surface area contributed by atoms with Gasteiger partial charge in [-0.1, -0.05) is 289 Å². The summed E-state index contributed by atoms with van der Waals surface area (Å²) in [5.41, 5.74) is 0. The minimum atomic E-state index is -1.66. The van der Waals surface area contributed by atoms with Gasteiger partial charge in [-0.2, -0.15) is 0 Å². The van der Waals surface area contributed by atoms with E-state index >= 15 is 0 Å². The Balaban J connectivity index is 2.09. The average molecular weight is 1050 g/mol. The van der Waals surface area contributed by atoms with Crippen molar-refractivity contribution in [2.45, 2.75) is 371 Å². The lowest BCUT2D eigenvalue weighted by atomic mass is 9.98. The van der Waals surface area contributed by atoms with Crippen LogP contribution >= 0.6 is 0 Å². The van der Waals surface area contributed by atoms with Crippen molar-refractivity contribution < 1.29 is 50.0 Å². The van der Waals surface area contributed by atoms with Crippen LogP contribution in [0, 0.1) is 0 Å². The molecule has 1 aliphatic rings. The number of unbranched alkanes of at least 4 members (excludes halogenated alkanes) is 42. The number of carbonyl (C=O) groups is 1. The van der Waals surface area contributed by atoms with Crippen LogP contribution in [-0.4, -0.2) is 110 Å². The number of hydrogen-bond donors (Lipinski definition) is 8. The van der Waals surface area contributed by atoms with Crippen LogP contribution in [-0.2, 0) is 14.3 Å². The molecule has 1 fully saturated rings. The maximum absolute atomic E-state index is 13.2. The molecule has 0 saturated carbocycles. The van der Waals surface area contributed by atoms with E-state index in [9.17, 15) is 40.5 Å². The van der Waals surface area contributed by atoms with Crippen LogP contribution < -0.4 is 5.32 Å². The van der Waals surface area contributed by atoms with Gasteiger partial charge in [0.25, 0.3) is 0 Å². The summed E-state index contributed by atoms with van der Waals surface area (Å²) in [4.78, 5) is 13.2. The molecule has 74 heavy (non-hydrogen) atoms. The molecule has 0 aromatic heterocycles. The predicted octanol–water partition coefficient (Wildman–Crippen LogP) is 14.3. The maximum atomic E-state index is 13.2. The van der Waals surface area contributed by atoms with Crippen LogP contribution in [0.15, 0.2) is 12.2 Å². The molecule has 11 heteroatoms. The zero-order valence-electron chi connectivity index (χ0n) is 48.4. The molecular formula is C63H123NO10. The Morgan fingerprint density at radius 2 is 0.797 bits per heavy atom. The van der Waals surface area contributed by atoms with Gasteiger partial charge < -0.3 is 50.5 Å². The van der Waals surface area contributed by atoms with Crippen molar-refractivity contribution in [3.8, 4) is 0 Å². The van der Waals surface area contributed by atoms with Crippen molar-refractivity contribution in [3.63, 3.8) is 0 Å². The van der Waals surface area contributed by atoms with Crippen LogP contribution in [0.4, 0.5) is 0 Å². The Morgan fingerprint density at radius 3 is 1.16 bits per heavy atom. The summed E-state index contributed by atoms with van der Waals surface area (Å²) in [7, 11) is 0. The summed E-state index contributed by atoms with van der Waals surface area (Å²) in [6.07, 6.45) is 51.9. The van der Waals surface area contributed by atoms with Crippen molar-refractivity contribution in [2.75, 3.05) is 13.2 Å². The lowest BCUT2D eigenvalue weighted by Crippen LogP contribution is -2.60. The summed E-state index contributed by atoms with van der Waals surface area (Å²) in [6, 6.07) is -1.18. The molecule has 1 saturated heterocycles. The first-order valence-corrected chi connectivity index (χ1v) is 32.1. The van der Waals surface area contributed by atoms with Gasteiger partial charge in [0.2, 0.25) is 5.91 Å². The monoisotopic (exact) mass is 1050 g/mol. The second kappa shape index (κ2) is 52.5. The van der Waals surface area contributed by atoms with Crippen molar-refractivity contribution in [1.29, 1.82) is 0 Å². The summed E-state index contributed by atoms with van der Waals surface area (Å²) in [5, 5.41) is 75.9. The fourth-order valence-electron chi connectivity index (χ4n) is 10.6. The first kappa shape index (κ1) is 70.9. The molecule has 0 bridgehead atoms. The molecule has 8 N–H and O–H groups in total. The Labute approximate surface area is 455 Å². The number of aliphatic hydroxyl groups excluding tert-OH is 7. The zero-order valence-corrected chi connectivity index (χ0v) is 48.4. The molecule has 9 atom stereocenters. The molecule has 1 amide bonds. The normalized spacial score (nSPS) is 19.8. The van der Waals surface area contributed by atoms with Crippen molar-refractivity contribution >= 4 is 5.91 Å². The molecule has 0 radical (unpaired) electrons. The highest BCUT2D eigenvalue weighted by Gasteiger charge is 2.44. The van der Waals surface area contributed by atoms with Crippen LogP contribution in [0.2, 0.25) is 0 Å². The number of hydrogen-bond acceptors (Lipinski definition) is 10. The Hall–Kier alpha value is -1.15. The third-order valence-corrected chi connectivity index (χ3v) is 15.8. The standard InChI is InChI=1S/C63H123NO10/c1-3-5-7-9-11-13-15-16-17-18-19-20-21-22-23-24-25-26-27-28-29-30-31-32-33-34-35-36-37-38-39-41-43-45-47-49-51-56(67)62(72)64-54(53-73-63-61(71)60(70)59(69)57(52-65)74-63)58(68)55(66)50-48-46-44-42-40-14-12-10-8-6-4-2/h42,44,54-61,63,65-71H,3-41,43,45-53H2,1-2H3,(H,64,72)/b44-42+. The quantitative estimate of drug-likeness (QED) is 0.0215. The fourth-order valence-corrected chi connectivity index (χ4v) is 10.6. The van der Waals surface area contributed by atoms with E-state index in [2.05, 4.69) is 31.3 Å². The van der Waals surface area contributed by atoms with Crippen LogP contribution in [0.5, 0.6) is 0 Å². The molecular weight excluding hydrogens is 931 g/mol. The molecule has 0 aromatic carbocycles. The van der Waals surface area contributed by atoms with Crippen molar-refractivity contribution in [1.82, 2.24) is 5.32 Å². The predicted molar refractivity (Wildman–Crippen MR) is 307 cm³/mol. The number of carbonyl (C=O) groups excluding carboxylic acids is 1. The molecule has 11 nitrogen and oxygen atoms in total. The number of nitrogens with one attached hydrogen (secondary N) is 1. The molecule has 0 aliphatic carbocycles. The highest BCUT2D eigenvalue weighted by atomic mass is 16.7. The highest BCUT2D eigenvalue weighted by molar-refractivity contribution is 5.80. The van der Waals surface area contributed by atoms with Gasteiger partial charge in [-0.3, -0.25) is 4.79 Å². The first-order chi connectivity index (χ1) is 36.2. The average Bonchev–Trinajstić information content (AvgIpc) is 3.40. The number of rotatable bonds is 56. The number of aliphatic hydroxyl groups is 7. The minimum absolute atomic E-state index is 0.259. The summed E-state index contributed by atoms with van der Waals surface area (Å²) in [5.74, 6) is -0.701. The van der Waals surface area contributed by atoms with E-state index in [1.165, 1.54) is 238 Å². The van der Waals surface area contributed by atoms with Gasteiger partial charge in [0.05, 0.1) is 25.4 Å². The van der Waals surface area contributed by atoms with E-state index in [1.54, 1.807) is 0 Å². The highest BCUT2D eigenvalue weighted by Crippen LogP contribution is 2.24. The van der Waals surface area contributed by atoms with E-state index in [0.29, 0.717) is 12.8 Å². The van der Waals surface area contributed by atoms with E-state index < -0.39 is 74.2 Å². The van der Waals surface area contributed by atoms with Crippen LogP contribution in [0.3, 0.4) is 0 Å². The summed E-state index contributed by atoms with van der Waals surface area (Å²) < 4.78 is 11.1. The van der Waals surface area contributed by atoms with E-state index in [0.717, 1.165) is 38.5 Å². The first-order valence-electron chi connectivity index (χ1n) is 32.1. The van der Waals surface area contributed by atoms with Gasteiger partial charge in [0, 0.05) is 0 Å². The molecule has 1 aliphatic heterocycles. The third kappa shape index (κ3) is 40.1. The molecule has 1 heterocycles. The third-order valence-electron chi connectivity index (χ3n) is 15.8. The van der Waals surface area contributed by atoms with Gasteiger partial charge in [0.15, 0.2) is 6.29 Å².